The molecule has 21 heavy (non-hydrogen) atoms. The van der Waals surface area contributed by atoms with Gasteiger partial charge in [0.1, 0.15) is 13.2 Å². The third kappa shape index (κ3) is 10.3. The first-order valence-corrected chi connectivity index (χ1v) is 7.46. The minimum Gasteiger partial charge on any atom is -0.463 e. The highest BCUT2D eigenvalue weighted by molar-refractivity contribution is 5.79. The molecular weight excluding hydrogens is 276 g/mol. The van der Waals surface area contributed by atoms with Crippen LogP contribution in [0.2, 0.25) is 0 Å². The number of ether oxygens (including phenoxy) is 4. The Morgan fingerprint density at radius 1 is 0.857 bits per heavy atom. The maximum atomic E-state index is 11.7. The van der Waals surface area contributed by atoms with E-state index in [4.69, 9.17) is 18.9 Å². The normalized spacial score (nSPS) is 15.1. The molecule has 0 aromatic rings. The summed E-state index contributed by atoms with van der Waals surface area (Å²) in [7, 11) is 0. The maximum Gasteiger partial charge on any atom is 0.309 e. The van der Waals surface area contributed by atoms with Gasteiger partial charge in [-0.3, -0.25) is 9.59 Å². The summed E-state index contributed by atoms with van der Waals surface area (Å²) in [5.41, 5.74) is 0. The van der Waals surface area contributed by atoms with Crippen molar-refractivity contribution < 1.29 is 28.5 Å². The molecule has 124 valence electrons. The summed E-state index contributed by atoms with van der Waals surface area (Å²) in [5.74, 6) is -1.38. The SMILES string of the molecule is CCOC(C)COC(=O)CC(C)C(=O)OCC(C)OCC. The van der Waals surface area contributed by atoms with Crippen LogP contribution in [0.4, 0.5) is 0 Å². The summed E-state index contributed by atoms with van der Waals surface area (Å²) >= 11 is 0. The van der Waals surface area contributed by atoms with Gasteiger partial charge in [0.25, 0.3) is 0 Å². The van der Waals surface area contributed by atoms with Gasteiger partial charge in [0.2, 0.25) is 0 Å². The molecule has 3 atom stereocenters. The summed E-state index contributed by atoms with van der Waals surface area (Å²) in [6.07, 6.45) is -0.292. The molecule has 6 heteroatoms. The molecule has 0 aliphatic carbocycles. The van der Waals surface area contributed by atoms with Gasteiger partial charge in [-0.25, -0.2) is 0 Å². The third-order valence-corrected chi connectivity index (χ3v) is 2.72. The standard InChI is InChI=1S/C15H28O6/c1-6-18-12(4)9-20-14(16)8-11(3)15(17)21-10-13(5)19-7-2/h11-13H,6-10H2,1-5H3. The van der Waals surface area contributed by atoms with Crippen LogP contribution in [0.1, 0.15) is 41.0 Å². The first-order chi connectivity index (χ1) is 9.90. The van der Waals surface area contributed by atoms with Gasteiger partial charge >= 0.3 is 11.9 Å². The van der Waals surface area contributed by atoms with Crippen LogP contribution in [-0.4, -0.2) is 50.6 Å². The number of hydrogen-bond acceptors (Lipinski definition) is 6. The van der Waals surface area contributed by atoms with Gasteiger partial charge in [0.15, 0.2) is 0 Å². The first-order valence-electron chi connectivity index (χ1n) is 7.46. The van der Waals surface area contributed by atoms with Gasteiger partial charge in [-0.1, -0.05) is 6.92 Å². The lowest BCUT2D eigenvalue weighted by Crippen LogP contribution is -2.25. The zero-order valence-corrected chi connectivity index (χ0v) is 13.7. The summed E-state index contributed by atoms with van der Waals surface area (Å²) in [5, 5.41) is 0. The maximum absolute atomic E-state index is 11.7. The van der Waals surface area contributed by atoms with Gasteiger partial charge in [0.05, 0.1) is 24.5 Å². The second-order valence-electron chi connectivity index (χ2n) is 4.95. The molecule has 0 aromatic carbocycles. The van der Waals surface area contributed by atoms with Crippen molar-refractivity contribution in [1.82, 2.24) is 0 Å². The van der Waals surface area contributed by atoms with Crippen LogP contribution in [0.15, 0.2) is 0 Å². The van der Waals surface area contributed by atoms with E-state index in [0.717, 1.165) is 0 Å². The number of carbonyl (C=O) groups excluding carboxylic acids is 2. The van der Waals surface area contributed by atoms with Crippen molar-refractivity contribution in [1.29, 1.82) is 0 Å². The zero-order valence-electron chi connectivity index (χ0n) is 13.7. The van der Waals surface area contributed by atoms with Crippen molar-refractivity contribution in [2.45, 2.75) is 53.2 Å². The average molecular weight is 304 g/mol. The number of rotatable bonds is 11. The third-order valence-electron chi connectivity index (χ3n) is 2.72. The largest absolute Gasteiger partial charge is 0.463 e. The molecule has 0 fully saturated rings. The van der Waals surface area contributed by atoms with Crippen LogP contribution >= 0.6 is 0 Å². The molecule has 0 bridgehead atoms. The predicted octanol–water partition coefficient (Wildman–Crippen LogP) is 1.95. The Morgan fingerprint density at radius 2 is 1.33 bits per heavy atom. The highest BCUT2D eigenvalue weighted by atomic mass is 16.6. The number of carbonyl (C=O) groups is 2. The van der Waals surface area contributed by atoms with Crippen LogP contribution in [0.25, 0.3) is 0 Å². The Kier molecular flexibility index (Phi) is 10.9. The smallest absolute Gasteiger partial charge is 0.309 e. The molecule has 0 N–H and O–H groups in total. The second kappa shape index (κ2) is 11.5. The van der Waals surface area contributed by atoms with E-state index in [1.807, 2.05) is 27.7 Å². The first kappa shape index (κ1) is 19.9. The lowest BCUT2D eigenvalue weighted by Gasteiger charge is -2.16. The van der Waals surface area contributed by atoms with Crippen LogP contribution in [-0.2, 0) is 28.5 Å². The monoisotopic (exact) mass is 304 g/mol. The van der Waals surface area contributed by atoms with Crippen molar-refractivity contribution >= 4 is 11.9 Å². The van der Waals surface area contributed by atoms with Gasteiger partial charge in [-0.15, -0.1) is 0 Å². The van der Waals surface area contributed by atoms with E-state index in [0.29, 0.717) is 13.2 Å². The Labute approximate surface area is 127 Å². The molecule has 0 rings (SSSR count). The predicted molar refractivity (Wildman–Crippen MR) is 77.9 cm³/mol. The quantitative estimate of drug-likeness (QED) is 0.543. The topological polar surface area (TPSA) is 71.1 Å². The van der Waals surface area contributed by atoms with Gasteiger partial charge in [-0.2, -0.15) is 0 Å². The Hall–Kier alpha value is -1.14. The molecule has 0 saturated carbocycles. The van der Waals surface area contributed by atoms with Crippen LogP contribution in [0.5, 0.6) is 0 Å². The van der Waals surface area contributed by atoms with Gasteiger partial charge in [-0.05, 0) is 27.7 Å². The van der Waals surface area contributed by atoms with E-state index in [-0.39, 0.29) is 31.8 Å². The van der Waals surface area contributed by atoms with Crippen LogP contribution < -0.4 is 0 Å². The van der Waals surface area contributed by atoms with Crippen molar-refractivity contribution in [3.63, 3.8) is 0 Å². The second-order valence-corrected chi connectivity index (χ2v) is 4.95. The highest BCUT2D eigenvalue weighted by Crippen LogP contribution is 2.07. The summed E-state index contributed by atoms with van der Waals surface area (Å²) in [6.45, 7) is 10.6. The number of hydrogen-bond donors (Lipinski definition) is 0. The van der Waals surface area contributed by atoms with E-state index in [1.54, 1.807) is 6.92 Å². The van der Waals surface area contributed by atoms with E-state index >= 15 is 0 Å². The average Bonchev–Trinajstić information content (AvgIpc) is 2.43. The highest BCUT2D eigenvalue weighted by Gasteiger charge is 2.20. The van der Waals surface area contributed by atoms with E-state index in [2.05, 4.69) is 0 Å². The van der Waals surface area contributed by atoms with Crippen LogP contribution in [0.3, 0.4) is 0 Å². The Balaban J connectivity index is 3.92. The van der Waals surface area contributed by atoms with Crippen molar-refractivity contribution in [3.8, 4) is 0 Å². The summed E-state index contributed by atoms with van der Waals surface area (Å²) in [4.78, 5) is 23.3. The molecule has 6 nitrogen and oxygen atoms in total. The molecule has 0 aliphatic rings. The van der Waals surface area contributed by atoms with Gasteiger partial charge in [0, 0.05) is 13.2 Å². The minimum absolute atomic E-state index is 0.000689. The molecule has 0 saturated heterocycles. The van der Waals surface area contributed by atoms with Crippen molar-refractivity contribution in [3.05, 3.63) is 0 Å². The minimum atomic E-state index is -0.534. The molecule has 0 amide bonds. The van der Waals surface area contributed by atoms with E-state index < -0.39 is 17.9 Å². The zero-order chi connectivity index (χ0) is 16.3. The fourth-order valence-corrected chi connectivity index (χ4v) is 1.61. The summed E-state index contributed by atoms with van der Waals surface area (Å²) in [6, 6.07) is 0. The molecule has 3 unspecified atom stereocenters. The fraction of sp³-hybridized carbons (Fsp3) is 0.867. The Bertz CT molecular complexity index is 305. The van der Waals surface area contributed by atoms with Gasteiger partial charge < -0.3 is 18.9 Å². The molecule has 0 aromatic heterocycles. The summed E-state index contributed by atoms with van der Waals surface area (Å²) < 4.78 is 20.6. The van der Waals surface area contributed by atoms with Crippen molar-refractivity contribution in [2.75, 3.05) is 26.4 Å². The lowest BCUT2D eigenvalue weighted by molar-refractivity contribution is -0.158. The number of esters is 2. The molecule has 0 spiro atoms. The molecule has 0 radical (unpaired) electrons. The van der Waals surface area contributed by atoms with E-state index in [1.165, 1.54) is 0 Å². The van der Waals surface area contributed by atoms with E-state index in [9.17, 15) is 9.59 Å². The van der Waals surface area contributed by atoms with Crippen LogP contribution in [0, 0.1) is 5.92 Å². The molecule has 0 aliphatic heterocycles. The molecular formula is C15H28O6. The fourth-order valence-electron chi connectivity index (χ4n) is 1.61. The lowest BCUT2D eigenvalue weighted by atomic mass is 10.1. The Morgan fingerprint density at radius 3 is 1.81 bits per heavy atom. The van der Waals surface area contributed by atoms with Crippen molar-refractivity contribution in [2.24, 2.45) is 5.92 Å². The molecule has 0 heterocycles.